The Morgan fingerprint density at radius 3 is 2.45 bits per heavy atom. The number of benzene rings is 1. The molecule has 150 valence electrons. The van der Waals surface area contributed by atoms with Crippen molar-refractivity contribution in [1.29, 1.82) is 0 Å². The summed E-state index contributed by atoms with van der Waals surface area (Å²) in [5.41, 5.74) is 0.482. The first kappa shape index (κ1) is 20.3. The number of cyclic esters (lactones) is 2. The first-order valence-electron chi connectivity index (χ1n) is 8.39. The number of rotatable bonds is 4. The number of esters is 3. The zero-order valence-electron chi connectivity index (χ0n) is 15.7. The zero-order chi connectivity index (χ0) is 21.2. The lowest BCUT2D eigenvalue weighted by Gasteiger charge is -2.29. The molecule has 0 spiro atoms. The van der Waals surface area contributed by atoms with Crippen molar-refractivity contribution in [3.8, 4) is 11.6 Å². The summed E-state index contributed by atoms with van der Waals surface area (Å²) >= 11 is 6.24. The van der Waals surface area contributed by atoms with Crippen LogP contribution in [-0.2, 0) is 23.8 Å². The smallest absolute Gasteiger partial charge is 0.348 e. The number of carbonyl (C=O) groups excluding carboxylic acids is 3. The lowest BCUT2D eigenvalue weighted by molar-refractivity contribution is -0.222. The Morgan fingerprint density at radius 2 is 1.83 bits per heavy atom. The lowest BCUT2D eigenvalue weighted by atomic mass is 10.1. The fourth-order valence-electron chi connectivity index (χ4n) is 2.46. The molecule has 1 fully saturated rings. The van der Waals surface area contributed by atoms with E-state index in [2.05, 4.69) is 9.72 Å². The number of carbonyl (C=O) groups is 3. The number of hydrogen-bond donors (Lipinski definition) is 0. The van der Waals surface area contributed by atoms with Crippen molar-refractivity contribution in [3.63, 3.8) is 0 Å². The number of pyridine rings is 1. The van der Waals surface area contributed by atoms with Gasteiger partial charge in [-0.25, -0.2) is 19.4 Å². The van der Waals surface area contributed by atoms with Gasteiger partial charge in [-0.1, -0.05) is 17.7 Å². The van der Waals surface area contributed by atoms with Gasteiger partial charge < -0.3 is 18.9 Å². The van der Waals surface area contributed by atoms with Gasteiger partial charge in [-0.3, -0.25) is 0 Å². The molecule has 0 radical (unpaired) electrons. The van der Waals surface area contributed by atoms with Crippen molar-refractivity contribution < 1.29 is 33.3 Å². The summed E-state index contributed by atoms with van der Waals surface area (Å²) in [5.74, 6) is -3.01. The second kappa shape index (κ2) is 7.92. The van der Waals surface area contributed by atoms with E-state index in [1.54, 1.807) is 6.07 Å². The lowest BCUT2D eigenvalue weighted by Crippen LogP contribution is -2.41. The third kappa shape index (κ3) is 4.72. The molecule has 0 bridgehead atoms. The van der Waals surface area contributed by atoms with Crippen LogP contribution in [0.5, 0.6) is 11.6 Å². The van der Waals surface area contributed by atoms with Gasteiger partial charge in [0, 0.05) is 26.1 Å². The van der Waals surface area contributed by atoms with E-state index in [1.165, 1.54) is 57.5 Å². The highest BCUT2D eigenvalue weighted by Gasteiger charge is 2.38. The predicted molar refractivity (Wildman–Crippen MR) is 101 cm³/mol. The second-order valence-corrected chi connectivity index (χ2v) is 6.81. The highest BCUT2D eigenvalue weighted by Crippen LogP contribution is 2.31. The number of methoxy groups -OCH3 is 1. The summed E-state index contributed by atoms with van der Waals surface area (Å²) in [7, 11) is 1.27. The Labute approximate surface area is 171 Å². The van der Waals surface area contributed by atoms with Gasteiger partial charge in [0.15, 0.2) is 0 Å². The molecule has 29 heavy (non-hydrogen) atoms. The summed E-state index contributed by atoms with van der Waals surface area (Å²) in [5, 5.41) is 0.197. The fraction of sp³-hybridized carbons (Fsp3) is 0.200. The van der Waals surface area contributed by atoms with Gasteiger partial charge in [0.25, 0.3) is 5.79 Å². The van der Waals surface area contributed by atoms with Gasteiger partial charge in [-0.15, -0.1) is 0 Å². The van der Waals surface area contributed by atoms with Crippen molar-refractivity contribution in [3.05, 3.63) is 58.3 Å². The van der Waals surface area contributed by atoms with Crippen molar-refractivity contribution in [2.75, 3.05) is 7.11 Å². The molecule has 2 heterocycles. The van der Waals surface area contributed by atoms with Gasteiger partial charge >= 0.3 is 17.9 Å². The maximum atomic E-state index is 12.0. The molecule has 0 aliphatic carbocycles. The standard InChI is InChI=1S/C20H16ClNO7/c1-20(2)28-18(24)13(19(25)29-20)8-11-4-5-15(14(21)9-11)27-16-10-12(6-7-22-16)17(23)26-3/h4-10H,1-3H3. The number of aromatic nitrogens is 1. The number of halogens is 1. The van der Waals surface area contributed by atoms with Crippen molar-refractivity contribution in [2.24, 2.45) is 0 Å². The molecule has 1 saturated heterocycles. The van der Waals surface area contributed by atoms with Gasteiger partial charge in [0.2, 0.25) is 5.88 Å². The summed E-state index contributed by atoms with van der Waals surface area (Å²) < 4.78 is 20.4. The van der Waals surface area contributed by atoms with Crippen LogP contribution >= 0.6 is 11.6 Å². The average Bonchev–Trinajstić information content (AvgIpc) is 2.65. The number of ether oxygens (including phenoxy) is 4. The minimum absolute atomic E-state index is 0.141. The van der Waals surface area contributed by atoms with Crippen molar-refractivity contribution in [2.45, 2.75) is 19.6 Å². The summed E-state index contributed by atoms with van der Waals surface area (Å²) in [6, 6.07) is 7.50. The average molecular weight is 418 g/mol. The van der Waals surface area contributed by atoms with Crippen LogP contribution in [0.4, 0.5) is 0 Å². The molecule has 0 atom stereocenters. The largest absolute Gasteiger partial charge is 0.465 e. The first-order chi connectivity index (χ1) is 13.7. The Hall–Kier alpha value is -3.39. The Kier molecular flexibility index (Phi) is 5.56. The molecule has 9 heteroatoms. The molecule has 8 nitrogen and oxygen atoms in total. The monoisotopic (exact) mass is 417 g/mol. The van der Waals surface area contributed by atoms with Crippen LogP contribution in [0.1, 0.15) is 29.8 Å². The summed E-state index contributed by atoms with van der Waals surface area (Å²) in [6.07, 6.45) is 2.71. The van der Waals surface area contributed by atoms with E-state index < -0.39 is 23.7 Å². The molecular weight excluding hydrogens is 402 g/mol. The van der Waals surface area contributed by atoms with E-state index in [0.717, 1.165) is 0 Å². The summed E-state index contributed by atoms with van der Waals surface area (Å²) in [6.45, 7) is 2.93. The number of hydrogen-bond acceptors (Lipinski definition) is 8. The van der Waals surface area contributed by atoms with E-state index >= 15 is 0 Å². The minimum Gasteiger partial charge on any atom is -0.465 e. The molecule has 1 aromatic heterocycles. The number of nitrogens with zero attached hydrogens (tertiary/aromatic N) is 1. The van der Waals surface area contributed by atoms with Crippen molar-refractivity contribution in [1.82, 2.24) is 4.98 Å². The maximum absolute atomic E-state index is 12.0. The quantitative estimate of drug-likeness (QED) is 0.423. The molecule has 0 saturated carbocycles. The van der Waals surface area contributed by atoms with Crippen molar-refractivity contribution >= 4 is 35.6 Å². The zero-order valence-corrected chi connectivity index (χ0v) is 16.5. The van der Waals surface area contributed by atoms with Crippen LogP contribution < -0.4 is 4.74 Å². The van der Waals surface area contributed by atoms with Gasteiger partial charge in [0.05, 0.1) is 17.7 Å². The molecule has 3 rings (SSSR count). The van der Waals surface area contributed by atoms with E-state index in [9.17, 15) is 14.4 Å². The summed E-state index contributed by atoms with van der Waals surface area (Å²) in [4.78, 5) is 39.7. The van der Waals surface area contributed by atoms with Gasteiger partial charge in [-0.2, -0.15) is 0 Å². The Balaban J connectivity index is 1.82. The minimum atomic E-state index is -1.31. The van der Waals surface area contributed by atoms with Crippen LogP contribution in [-0.4, -0.2) is 35.8 Å². The van der Waals surface area contributed by atoms with E-state index in [0.29, 0.717) is 5.56 Å². The van der Waals surface area contributed by atoms with E-state index in [4.69, 9.17) is 25.8 Å². The molecule has 1 aromatic carbocycles. The van der Waals surface area contributed by atoms with E-state index in [1.807, 2.05) is 0 Å². The second-order valence-electron chi connectivity index (χ2n) is 6.40. The molecule has 0 unspecified atom stereocenters. The highest BCUT2D eigenvalue weighted by atomic mass is 35.5. The topological polar surface area (TPSA) is 101 Å². The third-order valence-corrected chi connectivity index (χ3v) is 4.05. The Morgan fingerprint density at radius 1 is 1.14 bits per heavy atom. The predicted octanol–water partition coefficient (Wildman–Crippen LogP) is 3.53. The van der Waals surface area contributed by atoms with Crippen LogP contribution in [0.25, 0.3) is 6.08 Å². The molecule has 2 aromatic rings. The maximum Gasteiger partial charge on any atom is 0.348 e. The Bertz CT molecular complexity index is 1010. The van der Waals surface area contributed by atoms with Crippen LogP contribution in [0.3, 0.4) is 0 Å². The molecular formula is C20H16ClNO7. The molecule has 1 aliphatic rings. The SMILES string of the molecule is COC(=O)c1ccnc(Oc2ccc(C=C3C(=O)OC(C)(C)OC3=O)cc2Cl)c1. The highest BCUT2D eigenvalue weighted by molar-refractivity contribution is 6.32. The molecule has 1 aliphatic heterocycles. The van der Waals surface area contributed by atoms with Gasteiger partial charge in [0.1, 0.15) is 11.3 Å². The third-order valence-electron chi connectivity index (χ3n) is 3.75. The normalized spacial score (nSPS) is 15.2. The van der Waals surface area contributed by atoms with Crippen LogP contribution in [0.2, 0.25) is 5.02 Å². The van der Waals surface area contributed by atoms with Crippen LogP contribution in [0, 0.1) is 0 Å². The molecule has 0 N–H and O–H groups in total. The first-order valence-corrected chi connectivity index (χ1v) is 8.76. The van der Waals surface area contributed by atoms with Crippen LogP contribution in [0.15, 0.2) is 42.1 Å². The molecule has 0 amide bonds. The van der Waals surface area contributed by atoms with E-state index in [-0.39, 0.29) is 27.8 Å². The fourth-order valence-corrected chi connectivity index (χ4v) is 2.69. The van der Waals surface area contributed by atoms with Gasteiger partial charge in [-0.05, 0) is 29.8 Å².